The quantitative estimate of drug-likeness (QED) is 0.334. The van der Waals surface area contributed by atoms with Gasteiger partial charge in [0.05, 0.1) is 26.4 Å². The monoisotopic (exact) mass is 236 g/mol. The van der Waals surface area contributed by atoms with Crippen molar-refractivity contribution in [3.8, 4) is 0 Å². The third-order valence-corrected chi connectivity index (χ3v) is 5.06. The summed E-state index contributed by atoms with van der Waals surface area (Å²) >= 11 is 0. The zero-order valence-corrected chi connectivity index (χ0v) is 10.7. The van der Waals surface area contributed by atoms with Crippen molar-refractivity contribution in [1.82, 2.24) is 0 Å². The maximum Gasteiger partial charge on any atom is 0.500 e. The molecule has 1 aliphatic heterocycles. The highest BCUT2D eigenvalue weighted by molar-refractivity contribution is 6.60. The molecule has 1 heterocycles. The summed E-state index contributed by atoms with van der Waals surface area (Å²) in [6.45, 7) is 4.54. The van der Waals surface area contributed by atoms with Crippen molar-refractivity contribution in [2.75, 3.05) is 40.6 Å². The van der Waals surface area contributed by atoms with Crippen LogP contribution in [0.3, 0.4) is 0 Å². The molecule has 0 bridgehead atoms. The molecule has 0 spiro atoms. The van der Waals surface area contributed by atoms with Gasteiger partial charge in [0.2, 0.25) is 0 Å². The number of epoxide rings is 1. The van der Waals surface area contributed by atoms with Gasteiger partial charge >= 0.3 is 8.80 Å². The van der Waals surface area contributed by atoms with Crippen molar-refractivity contribution in [2.45, 2.75) is 19.1 Å². The second kappa shape index (κ2) is 6.57. The average Bonchev–Trinajstić information content (AvgIpc) is 3.08. The van der Waals surface area contributed by atoms with Crippen molar-refractivity contribution < 1.29 is 22.8 Å². The molecular weight excluding hydrogens is 216 g/mol. The molecule has 0 amide bonds. The van der Waals surface area contributed by atoms with Crippen molar-refractivity contribution in [3.63, 3.8) is 0 Å². The van der Waals surface area contributed by atoms with E-state index in [1.807, 2.05) is 6.92 Å². The minimum absolute atomic E-state index is 0.308. The summed E-state index contributed by atoms with van der Waals surface area (Å²) < 4.78 is 26.5. The van der Waals surface area contributed by atoms with Crippen LogP contribution in [-0.2, 0) is 22.8 Å². The molecular formula is C9H20O5Si. The molecule has 0 aliphatic carbocycles. The lowest BCUT2D eigenvalue weighted by molar-refractivity contribution is 0.0457. The van der Waals surface area contributed by atoms with E-state index in [2.05, 4.69) is 0 Å². The van der Waals surface area contributed by atoms with Crippen LogP contribution in [0.4, 0.5) is 0 Å². The van der Waals surface area contributed by atoms with Crippen LogP contribution in [0.15, 0.2) is 0 Å². The van der Waals surface area contributed by atoms with Crippen LogP contribution in [-0.4, -0.2) is 55.6 Å². The first-order chi connectivity index (χ1) is 7.26. The molecule has 0 saturated carbocycles. The zero-order valence-electron chi connectivity index (χ0n) is 9.65. The Balaban J connectivity index is 2.04. The van der Waals surface area contributed by atoms with Crippen molar-refractivity contribution in [1.29, 1.82) is 0 Å². The fourth-order valence-corrected chi connectivity index (χ4v) is 2.81. The lowest BCUT2D eigenvalue weighted by Gasteiger charge is -2.24. The Kier molecular flexibility index (Phi) is 5.73. The summed E-state index contributed by atoms with van der Waals surface area (Å²) in [7, 11) is 0.856. The topological polar surface area (TPSA) is 49.5 Å². The lowest BCUT2D eigenvalue weighted by Crippen LogP contribution is -2.43. The molecule has 1 fully saturated rings. The van der Waals surface area contributed by atoms with Crippen LogP contribution < -0.4 is 0 Å². The molecule has 1 unspecified atom stereocenters. The first kappa shape index (κ1) is 13.1. The third kappa shape index (κ3) is 4.58. The second-order valence-corrected chi connectivity index (χ2v) is 6.50. The highest BCUT2D eigenvalue weighted by Gasteiger charge is 2.36. The molecule has 6 heteroatoms. The van der Waals surface area contributed by atoms with E-state index < -0.39 is 8.80 Å². The molecule has 0 N–H and O–H groups in total. The number of hydrogen-bond acceptors (Lipinski definition) is 5. The van der Waals surface area contributed by atoms with E-state index in [0.717, 1.165) is 12.7 Å². The Hall–Kier alpha value is 0.0169. The average molecular weight is 236 g/mol. The van der Waals surface area contributed by atoms with Crippen molar-refractivity contribution in [3.05, 3.63) is 0 Å². The SMILES string of the molecule is CC[Si](OC)(OC)OCCOCC1CO1. The van der Waals surface area contributed by atoms with E-state index in [0.29, 0.717) is 25.9 Å². The van der Waals surface area contributed by atoms with Crippen LogP contribution >= 0.6 is 0 Å². The van der Waals surface area contributed by atoms with Gasteiger partial charge in [-0.1, -0.05) is 6.92 Å². The Morgan fingerprint density at radius 3 is 2.40 bits per heavy atom. The first-order valence-electron chi connectivity index (χ1n) is 5.20. The lowest BCUT2D eigenvalue weighted by atomic mass is 10.5. The van der Waals surface area contributed by atoms with Crippen molar-refractivity contribution >= 4 is 8.80 Å². The molecule has 90 valence electrons. The van der Waals surface area contributed by atoms with Gasteiger partial charge in [-0.25, -0.2) is 0 Å². The summed E-state index contributed by atoms with van der Waals surface area (Å²) in [5.74, 6) is 0. The summed E-state index contributed by atoms with van der Waals surface area (Å²) in [4.78, 5) is 0. The maximum atomic E-state index is 5.61. The van der Waals surface area contributed by atoms with Crippen LogP contribution in [0.25, 0.3) is 0 Å². The summed E-state index contributed by atoms with van der Waals surface area (Å²) in [5, 5.41) is 0. The van der Waals surface area contributed by atoms with Gasteiger partial charge < -0.3 is 22.8 Å². The van der Waals surface area contributed by atoms with E-state index in [1.165, 1.54) is 0 Å². The molecule has 5 nitrogen and oxygen atoms in total. The van der Waals surface area contributed by atoms with E-state index in [-0.39, 0.29) is 0 Å². The molecule has 0 aromatic rings. The van der Waals surface area contributed by atoms with Gasteiger partial charge in [-0.15, -0.1) is 0 Å². The zero-order chi connectivity index (χ0) is 11.1. The Bertz CT molecular complexity index is 162. The summed E-state index contributed by atoms with van der Waals surface area (Å²) in [5.41, 5.74) is 0. The largest absolute Gasteiger partial charge is 0.500 e. The van der Waals surface area contributed by atoms with Crippen LogP contribution in [0.2, 0.25) is 6.04 Å². The van der Waals surface area contributed by atoms with Gasteiger partial charge in [0.25, 0.3) is 0 Å². The smallest absolute Gasteiger partial charge is 0.377 e. The van der Waals surface area contributed by atoms with E-state index in [1.54, 1.807) is 14.2 Å². The normalized spacial score (nSPS) is 20.6. The van der Waals surface area contributed by atoms with Crippen LogP contribution in [0.5, 0.6) is 0 Å². The molecule has 0 aromatic carbocycles. The molecule has 1 aliphatic rings. The predicted molar refractivity (Wildman–Crippen MR) is 56.8 cm³/mol. The highest BCUT2D eigenvalue weighted by Crippen LogP contribution is 2.13. The second-order valence-electron chi connectivity index (χ2n) is 3.32. The fourth-order valence-electron chi connectivity index (χ4n) is 1.23. The van der Waals surface area contributed by atoms with Gasteiger partial charge in [0.1, 0.15) is 6.10 Å². The van der Waals surface area contributed by atoms with Gasteiger partial charge in [-0.05, 0) is 0 Å². The number of ether oxygens (including phenoxy) is 2. The van der Waals surface area contributed by atoms with E-state index >= 15 is 0 Å². The summed E-state index contributed by atoms with van der Waals surface area (Å²) in [6.07, 6.45) is 0.308. The molecule has 1 rings (SSSR count). The fraction of sp³-hybridized carbons (Fsp3) is 1.00. The molecule has 0 radical (unpaired) electrons. The van der Waals surface area contributed by atoms with Gasteiger partial charge in [-0.2, -0.15) is 0 Å². The maximum absolute atomic E-state index is 5.61. The molecule has 1 atom stereocenters. The Labute approximate surface area is 92.0 Å². The van der Waals surface area contributed by atoms with Gasteiger partial charge in [0, 0.05) is 20.3 Å². The summed E-state index contributed by atoms with van der Waals surface area (Å²) in [6, 6.07) is 0.770. The van der Waals surface area contributed by atoms with Gasteiger partial charge in [-0.3, -0.25) is 0 Å². The Morgan fingerprint density at radius 1 is 1.27 bits per heavy atom. The van der Waals surface area contributed by atoms with E-state index in [9.17, 15) is 0 Å². The number of hydrogen-bond donors (Lipinski definition) is 0. The van der Waals surface area contributed by atoms with Crippen molar-refractivity contribution in [2.24, 2.45) is 0 Å². The minimum atomic E-state index is -2.39. The molecule has 1 saturated heterocycles. The standard InChI is InChI=1S/C9H20O5Si/c1-4-15(10-2,11-3)14-6-5-12-7-9-8-13-9/h9H,4-8H2,1-3H3. The predicted octanol–water partition coefficient (Wildman–Crippen LogP) is 0.670. The highest BCUT2D eigenvalue weighted by atomic mass is 28.4. The van der Waals surface area contributed by atoms with Crippen LogP contribution in [0, 0.1) is 0 Å². The van der Waals surface area contributed by atoms with Gasteiger partial charge in [0.15, 0.2) is 0 Å². The molecule has 15 heavy (non-hydrogen) atoms. The van der Waals surface area contributed by atoms with Crippen LogP contribution in [0.1, 0.15) is 6.92 Å². The van der Waals surface area contributed by atoms with E-state index in [4.69, 9.17) is 22.8 Å². The molecule has 0 aromatic heterocycles. The Morgan fingerprint density at radius 2 is 1.93 bits per heavy atom. The minimum Gasteiger partial charge on any atom is -0.377 e. The first-order valence-corrected chi connectivity index (χ1v) is 7.13. The number of rotatable bonds is 9. The third-order valence-electron chi connectivity index (χ3n) is 2.31.